The molecule has 1 fully saturated rings. The van der Waals surface area contributed by atoms with Gasteiger partial charge < -0.3 is 55.8 Å². The van der Waals surface area contributed by atoms with E-state index in [4.69, 9.17) is 10.5 Å². The fourth-order valence-corrected chi connectivity index (χ4v) is 9.55. The number of ether oxygens (including phenoxy) is 1. The molecule has 1 heterocycles. The first-order chi connectivity index (χ1) is 38.8. The molecule has 0 spiro atoms. The summed E-state index contributed by atoms with van der Waals surface area (Å²) in [5.74, 6) is -6.41. The van der Waals surface area contributed by atoms with Crippen molar-refractivity contribution >= 4 is 59.6 Å². The molecule has 1 saturated heterocycles. The van der Waals surface area contributed by atoms with Crippen LogP contribution in [-0.4, -0.2) is 198 Å². The summed E-state index contributed by atoms with van der Waals surface area (Å²) in [6, 6.07) is -8.28. The van der Waals surface area contributed by atoms with E-state index in [1.54, 1.807) is 63.0 Å². The second kappa shape index (κ2) is 36.6. The number of rotatable bonds is 37. The summed E-state index contributed by atoms with van der Waals surface area (Å²) in [6.45, 7) is 31.8. The summed E-state index contributed by atoms with van der Waals surface area (Å²) in [4.78, 5) is 147. The first-order valence-electron chi connectivity index (χ1n) is 29.0. The number of nitrogens with zero attached hydrogens (tertiary/aromatic N) is 6. The summed E-state index contributed by atoms with van der Waals surface area (Å²) in [5.41, 5.74) is 6.33. The number of hydrogen-bond donors (Lipinski definition) is 4. The summed E-state index contributed by atoms with van der Waals surface area (Å²) in [6.07, 6.45) is 13.9. The second-order valence-corrected chi connectivity index (χ2v) is 23.7. The lowest BCUT2D eigenvalue weighted by molar-refractivity contribution is -0.149. The van der Waals surface area contributed by atoms with Gasteiger partial charge in [0.15, 0.2) is 0 Å². The van der Waals surface area contributed by atoms with Crippen LogP contribution in [0.5, 0.6) is 0 Å². The SMILES string of the molecule is C=C/C=C\C(=C)C[C@@H](C(=O)N[C@@H](CCC/C(C=C)=C/C=C)C(=O)N(C)[C@@H](CC(C)C)C(N)=O)N(C)C(=O)CN(C)C(=O)CC(NC(=O)[C@H](C(C)CC)N(C)C(=O)[C@H](COC(C)(C)C)NC(=O)[C@H](CC(C)C)N(C)C=O)C(=O)N1CCCCC1. The average molecular weight is 1160 g/mol. The molecule has 21 nitrogen and oxygen atoms in total. The van der Waals surface area contributed by atoms with Gasteiger partial charge in [0.25, 0.3) is 0 Å². The van der Waals surface area contributed by atoms with Crippen molar-refractivity contribution in [1.29, 1.82) is 0 Å². The lowest BCUT2D eigenvalue weighted by atomic mass is 9.95. The van der Waals surface area contributed by atoms with Crippen LogP contribution in [0.3, 0.4) is 0 Å². The van der Waals surface area contributed by atoms with Crippen molar-refractivity contribution in [3.63, 3.8) is 0 Å². The molecule has 0 saturated carbocycles. The van der Waals surface area contributed by atoms with E-state index >= 15 is 0 Å². The number of amides is 10. The smallest absolute Gasteiger partial charge is 0.247 e. The number of carbonyl (C=O) groups excluding carboxylic acids is 10. The van der Waals surface area contributed by atoms with Crippen LogP contribution in [0, 0.1) is 17.8 Å². The van der Waals surface area contributed by atoms with Gasteiger partial charge in [-0.2, -0.15) is 0 Å². The number of allylic oxidation sites excluding steroid dienone is 7. The molecule has 1 aliphatic rings. The third kappa shape index (κ3) is 25.2. The summed E-state index contributed by atoms with van der Waals surface area (Å²) in [5, 5.41) is 8.45. The minimum atomic E-state index is -1.44. The molecule has 0 aromatic rings. The van der Waals surface area contributed by atoms with Gasteiger partial charge in [0.05, 0.1) is 25.2 Å². The van der Waals surface area contributed by atoms with E-state index in [-0.39, 0.29) is 37.7 Å². The number of hydrogen-bond acceptors (Lipinski definition) is 11. The van der Waals surface area contributed by atoms with Crippen LogP contribution in [0.15, 0.2) is 73.9 Å². The van der Waals surface area contributed by atoms with Gasteiger partial charge >= 0.3 is 0 Å². The van der Waals surface area contributed by atoms with E-state index in [0.29, 0.717) is 63.6 Å². The zero-order valence-electron chi connectivity index (χ0n) is 52.5. The van der Waals surface area contributed by atoms with Crippen LogP contribution in [0.1, 0.15) is 133 Å². The van der Waals surface area contributed by atoms with E-state index in [9.17, 15) is 47.9 Å². The quantitative estimate of drug-likeness (QED) is 0.0484. The normalized spacial score (nSPS) is 15.7. The molecule has 0 bridgehead atoms. The Morgan fingerprint density at radius 1 is 0.699 bits per heavy atom. The van der Waals surface area contributed by atoms with Crippen molar-refractivity contribution in [1.82, 2.24) is 45.3 Å². The zero-order chi connectivity index (χ0) is 63.5. The predicted molar refractivity (Wildman–Crippen MR) is 324 cm³/mol. The van der Waals surface area contributed by atoms with Crippen molar-refractivity contribution in [3.05, 3.63) is 73.9 Å². The minimum Gasteiger partial charge on any atom is -0.373 e. The molecule has 2 unspecified atom stereocenters. The molecule has 1 rings (SSSR count). The highest BCUT2D eigenvalue weighted by Crippen LogP contribution is 2.22. The maximum Gasteiger partial charge on any atom is 0.247 e. The van der Waals surface area contributed by atoms with E-state index in [2.05, 4.69) is 42.3 Å². The molecule has 5 N–H and O–H groups in total. The first-order valence-corrected chi connectivity index (χ1v) is 29.0. The van der Waals surface area contributed by atoms with Crippen molar-refractivity contribution in [2.45, 2.75) is 181 Å². The number of nitrogens with one attached hydrogen (secondary N) is 3. The maximum absolute atomic E-state index is 14.8. The summed E-state index contributed by atoms with van der Waals surface area (Å²) >= 11 is 0. The van der Waals surface area contributed by atoms with Crippen molar-refractivity contribution < 1.29 is 52.7 Å². The first kappa shape index (κ1) is 74.1. The molecule has 10 amide bonds. The zero-order valence-corrected chi connectivity index (χ0v) is 52.5. The molecular formula is C62H102N10O11. The number of likely N-dealkylation sites (N-methyl/N-ethyl adjacent to an activating group) is 5. The lowest BCUT2D eigenvalue weighted by Gasteiger charge is -2.37. The lowest BCUT2D eigenvalue weighted by Crippen LogP contribution is -2.61. The molecule has 8 atom stereocenters. The van der Waals surface area contributed by atoms with E-state index in [0.717, 1.165) is 21.8 Å². The Labute approximate surface area is 495 Å². The number of primary amides is 1. The molecule has 0 aromatic carbocycles. The van der Waals surface area contributed by atoms with E-state index in [1.165, 1.54) is 56.0 Å². The second-order valence-electron chi connectivity index (χ2n) is 23.7. The standard InChI is InChI=1S/C62H102N10O11/c1-19-23-29-43(9)36-51(57(78)64-46(31-27-30-45(22-4)28-20-2)59(80)70(17)49(55(63)76)34-41(5)6)69(16)53(75)38-67(14)52(74)37-47(61(82)72-32-25-24-26-33-72)65-58(79)54(44(10)21-3)71(18)60(81)48(39-83-62(11,12)13)66-56(77)50(35-42(7)8)68(15)40-73/h19-20,22-23,28-29,40-42,44,46-51,54H,1-2,4,9,21,24-27,30-39H2,3,5-8,10-18H3,(H2,63,76)(H,64,78)(H,65,79)(H,66,77)/b29-23-,45-28+/t44?,46-,47?,48-,49-,50-,51-,54-/m0/s1. The van der Waals surface area contributed by atoms with E-state index in [1.807, 2.05) is 34.6 Å². The van der Waals surface area contributed by atoms with Crippen molar-refractivity contribution in [2.24, 2.45) is 23.5 Å². The molecule has 21 heteroatoms. The Bertz CT molecular complexity index is 2320. The van der Waals surface area contributed by atoms with E-state index < -0.39 is 120 Å². The van der Waals surface area contributed by atoms with Crippen LogP contribution >= 0.6 is 0 Å². The van der Waals surface area contributed by atoms with Crippen LogP contribution < -0.4 is 21.7 Å². The number of likely N-dealkylation sites (tertiary alicyclic amines) is 1. The highest BCUT2D eigenvalue weighted by atomic mass is 16.5. The summed E-state index contributed by atoms with van der Waals surface area (Å²) in [7, 11) is 7.10. The molecular weight excluding hydrogens is 1060 g/mol. The Kier molecular flexibility index (Phi) is 32.7. The molecule has 83 heavy (non-hydrogen) atoms. The molecule has 0 aliphatic carbocycles. The third-order valence-electron chi connectivity index (χ3n) is 14.7. The number of piperidine rings is 1. The Morgan fingerprint density at radius 3 is 1.77 bits per heavy atom. The average Bonchev–Trinajstić information content (AvgIpc) is 3.61. The van der Waals surface area contributed by atoms with Crippen molar-refractivity contribution in [2.75, 3.05) is 61.5 Å². The number of nitrogens with two attached hydrogens (primary N) is 1. The van der Waals surface area contributed by atoms with Crippen LogP contribution in [0.4, 0.5) is 0 Å². The fourth-order valence-electron chi connectivity index (χ4n) is 9.55. The Hall–Kier alpha value is -6.90. The van der Waals surface area contributed by atoms with Crippen molar-refractivity contribution in [3.8, 4) is 0 Å². The number of carbonyl (C=O) groups is 10. The van der Waals surface area contributed by atoms with Gasteiger partial charge in [-0.3, -0.25) is 47.9 Å². The summed E-state index contributed by atoms with van der Waals surface area (Å²) < 4.78 is 6.02. The van der Waals surface area contributed by atoms with Gasteiger partial charge in [-0.1, -0.05) is 116 Å². The van der Waals surface area contributed by atoms with Crippen LogP contribution in [0.25, 0.3) is 0 Å². The van der Waals surface area contributed by atoms with Gasteiger partial charge in [-0.05, 0) is 95.5 Å². The topological polar surface area (TPSA) is 261 Å². The van der Waals surface area contributed by atoms with Crippen LogP contribution in [0.2, 0.25) is 0 Å². The third-order valence-corrected chi connectivity index (χ3v) is 14.7. The molecule has 0 radical (unpaired) electrons. The Balaban J connectivity index is 3.74. The highest BCUT2D eigenvalue weighted by molar-refractivity contribution is 5.98. The van der Waals surface area contributed by atoms with Crippen LogP contribution in [-0.2, 0) is 52.7 Å². The highest BCUT2D eigenvalue weighted by Gasteiger charge is 2.41. The van der Waals surface area contributed by atoms with Gasteiger partial charge in [-0.25, -0.2) is 0 Å². The molecule has 1 aliphatic heterocycles. The van der Waals surface area contributed by atoms with Gasteiger partial charge in [0.2, 0.25) is 59.6 Å². The maximum atomic E-state index is 14.8. The van der Waals surface area contributed by atoms with Gasteiger partial charge in [0, 0.05) is 54.7 Å². The largest absolute Gasteiger partial charge is 0.373 e. The van der Waals surface area contributed by atoms with Gasteiger partial charge in [-0.15, -0.1) is 0 Å². The van der Waals surface area contributed by atoms with Gasteiger partial charge in [0.1, 0.15) is 42.3 Å². The fraction of sp³-hybridized carbons (Fsp3) is 0.645. The Morgan fingerprint density at radius 2 is 1.25 bits per heavy atom. The molecule has 0 aromatic heterocycles. The predicted octanol–water partition coefficient (Wildman–Crippen LogP) is 4.84. The monoisotopic (exact) mass is 1160 g/mol. The molecule has 466 valence electrons. The minimum absolute atomic E-state index is 0.00141.